The zero-order valence-electron chi connectivity index (χ0n) is 27.3. The first-order valence-electron chi connectivity index (χ1n) is 15.5. The van der Waals surface area contributed by atoms with E-state index in [0.717, 1.165) is 0 Å². The quantitative estimate of drug-likeness (QED) is 0.144. The van der Waals surface area contributed by atoms with E-state index >= 15 is 4.79 Å². The molecule has 3 atom stereocenters. The zero-order chi connectivity index (χ0) is 34.8. The second kappa shape index (κ2) is 13.3. The van der Waals surface area contributed by atoms with Crippen molar-refractivity contribution in [3.63, 3.8) is 0 Å². The van der Waals surface area contributed by atoms with Crippen LogP contribution in [0.2, 0.25) is 0 Å². The van der Waals surface area contributed by atoms with Crippen LogP contribution in [0.4, 0.5) is 5.69 Å². The van der Waals surface area contributed by atoms with Gasteiger partial charge in [0.15, 0.2) is 11.5 Å². The van der Waals surface area contributed by atoms with Crippen molar-refractivity contribution in [3.8, 4) is 11.5 Å². The average Bonchev–Trinajstić information content (AvgIpc) is 3.09. The van der Waals surface area contributed by atoms with E-state index in [1.165, 1.54) is 44.2 Å². The summed E-state index contributed by atoms with van der Waals surface area (Å²) in [5, 5.41) is 14.7. The molecule has 2 aliphatic heterocycles. The second-order valence-electron chi connectivity index (χ2n) is 11.7. The number of non-ortho nitro benzene ring substituents is 1. The number of carbonyl (C=O) groups is 4. The van der Waals surface area contributed by atoms with Crippen LogP contribution in [0.25, 0.3) is 0 Å². The number of nitrogens with zero attached hydrogens (tertiary/aromatic N) is 2. The number of nitrogens with one attached hydrogen (secondary N) is 1. The van der Waals surface area contributed by atoms with Gasteiger partial charge in [-0.05, 0) is 68.1 Å². The van der Waals surface area contributed by atoms with Gasteiger partial charge in [-0.2, -0.15) is 0 Å². The Kier molecular flexibility index (Phi) is 9.42. The van der Waals surface area contributed by atoms with Gasteiger partial charge in [0.2, 0.25) is 5.54 Å². The molecule has 252 valence electrons. The summed E-state index contributed by atoms with van der Waals surface area (Å²) in [6, 6.07) is 16.5. The molecule has 1 N–H and O–H groups in total. The molecule has 48 heavy (non-hydrogen) atoms. The molecule has 13 nitrogen and oxygen atoms in total. The molecular formula is C35H37N3O10. The molecule has 2 amide bonds. The number of nitro benzene ring substituents is 1. The minimum atomic E-state index is -2.28. The molecule has 0 spiro atoms. The van der Waals surface area contributed by atoms with Crippen LogP contribution in [-0.4, -0.2) is 72.1 Å². The SMILES string of the molecule is CCOC(=O)C1(C(=O)OCC)Cc2cc(OC)c(OC)cc2[C@@H]2C[C@@H](c3cccc([N+](=O)[O-])c3)[C@](C)(NC(=O)c3ccccc3)C(=O)N21. The number of methoxy groups -OCH3 is 2. The van der Waals surface area contributed by atoms with Gasteiger partial charge in [-0.3, -0.25) is 19.7 Å². The Balaban J connectivity index is 1.80. The minimum Gasteiger partial charge on any atom is -0.493 e. The van der Waals surface area contributed by atoms with E-state index in [0.29, 0.717) is 28.2 Å². The van der Waals surface area contributed by atoms with Crippen molar-refractivity contribution < 1.29 is 43.0 Å². The van der Waals surface area contributed by atoms with Crippen LogP contribution in [0.5, 0.6) is 11.5 Å². The number of amides is 2. The molecule has 0 aromatic heterocycles. The lowest BCUT2D eigenvalue weighted by Gasteiger charge is -2.56. The Labute approximate surface area is 277 Å². The molecule has 3 aromatic rings. The smallest absolute Gasteiger partial charge is 0.344 e. The van der Waals surface area contributed by atoms with Crippen LogP contribution in [-0.2, 0) is 30.3 Å². The summed E-state index contributed by atoms with van der Waals surface area (Å²) < 4.78 is 22.1. The normalized spacial score (nSPS) is 20.9. The number of hydrogen-bond donors (Lipinski definition) is 1. The summed E-state index contributed by atoms with van der Waals surface area (Å²) in [6.07, 6.45) is -0.283. The number of nitro groups is 1. The van der Waals surface area contributed by atoms with Crippen molar-refractivity contribution in [3.05, 3.63) is 99.1 Å². The van der Waals surface area contributed by atoms with Crippen LogP contribution in [0, 0.1) is 10.1 Å². The topological polar surface area (TPSA) is 164 Å². The Morgan fingerprint density at radius 2 is 1.56 bits per heavy atom. The molecule has 0 bridgehead atoms. The van der Waals surface area contributed by atoms with E-state index in [-0.39, 0.29) is 37.3 Å². The van der Waals surface area contributed by atoms with Gasteiger partial charge < -0.3 is 29.2 Å². The second-order valence-corrected chi connectivity index (χ2v) is 11.7. The van der Waals surface area contributed by atoms with Gasteiger partial charge in [-0.25, -0.2) is 9.59 Å². The van der Waals surface area contributed by atoms with E-state index in [1.807, 2.05) is 0 Å². The molecule has 0 radical (unpaired) electrons. The Morgan fingerprint density at radius 3 is 2.15 bits per heavy atom. The van der Waals surface area contributed by atoms with Crippen molar-refractivity contribution in [1.82, 2.24) is 10.2 Å². The minimum absolute atomic E-state index is 0.0293. The average molecular weight is 660 g/mol. The number of piperidine rings is 1. The molecule has 2 aliphatic rings. The van der Waals surface area contributed by atoms with Gasteiger partial charge in [0, 0.05) is 30.0 Å². The van der Waals surface area contributed by atoms with Gasteiger partial charge in [0.05, 0.1) is 38.4 Å². The highest BCUT2D eigenvalue weighted by atomic mass is 16.6. The van der Waals surface area contributed by atoms with Crippen molar-refractivity contribution >= 4 is 29.4 Å². The number of ether oxygens (including phenoxy) is 4. The van der Waals surface area contributed by atoms with Gasteiger partial charge in [-0.15, -0.1) is 0 Å². The van der Waals surface area contributed by atoms with Gasteiger partial charge in [0.1, 0.15) is 5.54 Å². The highest BCUT2D eigenvalue weighted by Gasteiger charge is 2.66. The number of rotatable bonds is 10. The van der Waals surface area contributed by atoms with Gasteiger partial charge in [0.25, 0.3) is 17.5 Å². The van der Waals surface area contributed by atoms with Crippen molar-refractivity contribution in [1.29, 1.82) is 0 Å². The Morgan fingerprint density at radius 1 is 0.938 bits per heavy atom. The van der Waals surface area contributed by atoms with Crippen LogP contribution in [0.15, 0.2) is 66.7 Å². The molecule has 2 heterocycles. The van der Waals surface area contributed by atoms with Crippen molar-refractivity contribution in [2.75, 3.05) is 27.4 Å². The lowest BCUT2D eigenvalue weighted by molar-refractivity contribution is -0.384. The number of hydrogen-bond acceptors (Lipinski definition) is 10. The monoisotopic (exact) mass is 659 g/mol. The Bertz CT molecular complexity index is 1740. The third-order valence-electron chi connectivity index (χ3n) is 9.11. The van der Waals surface area contributed by atoms with Crippen LogP contribution in [0.3, 0.4) is 0 Å². The first-order chi connectivity index (χ1) is 23.0. The highest BCUT2D eigenvalue weighted by Crippen LogP contribution is 2.54. The number of benzene rings is 3. The first kappa shape index (κ1) is 33.9. The fourth-order valence-corrected chi connectivity index (χ4v) is 6.86. The lowest BCUT2D eigenvalue weighted by Crippen LogP contribution is -2.75. The fraction of sp³-hybridized carbons (Fsp3) is 0.371. The van der Waals surface area contributed by atoms with E-state index in [2.05, 4.69) is 5.32 Å². The van der Waals surface area contributed by atoms with Gasteiger partial charge >= 0.3 is 11.9 Å². The van der Waals surface area contributed by atoms with Crippen LogP contribution < -0.4 is 14.8 Å². The van der Waals surface area contributed by atoms with E-state index < -0.39 is 51.7 Å². The molecule has 13 heteroatoms. The maximum Gasteiger partial charge on any atom is 0.344 e. The third kappa shape index (κ3) is 5.58. The lowest BCUT2D eigenvalue weighted by atomic mass is 9.66. The molecule has 3 aromatic carbocycles. The zero-order valence-corrected chi connectivity index (χ0v) is 27.3. The van der Waals surface area contributed by atoms with Crippen molar-refractivity contribution in [2.24, 2.45) is 0 Å². The van der Waals surface area contributed by atoms with Crippen LogP contribution in [0.1, 0.15) is 66.2 Å². The number of esters is 2. The standard InChI is InChI=1S/C35H37N3O10/c1-6-47-32(41)35(33(42)48-7-2)20-23-17-28(45-4)29(46-5)18-25(23)27-19-26(22-14-11-15-24(16-22)38(43)44)34(3,31(40)37(27)35)36-30(39)21-12-9-8-10-13-21/h8-18,26-27H,6-7,19-20H2,1-5H3,(H,36,39)/t26-,27-,34-/m0/s1. The van der Waals surface area contributed by atoms with Crippen molar-refractivity contribution in [2.45, 2.75) is 56.7 Å². The molecule has 0 aliphatic carbocycles. The Hall–Kier alpha value is -5.46. The largest absolute Gasteiger partial charge is 0.493 e. The molecule has 5 rings (SSSR count). The maximum absolute atomic E-state index is 15.3. The summed E-state index contributed by atoms with van der Waals surface area (Å²) in [5.74, 6) is -3.55. The predicted molar refractivity (Wildman–Crippen MR) is 172 cm³/mol. The van der Waals surface area contributed by atoms with E-state index in [4.69, 9.17) is 18.9 Å². The molecule has 0 unspecified atom stereocenters. The molecular weight excluding hydrogens is 622 g/mol. The number of carbonyl (C=O) groups excluding carboxylic acids is 4. The maximum atomic E-state index is 15.3. The third-order valence-corrected chi connectivity index (χ3v) is 9.11. The summed E-state index contributed by atoms with van der Waals surface area (Å²) >= 11 is 0. The number of fused-ring (bicyclic) bond motifs is 3. The van der Waals surface area contributed by atoms with E-state index in [9.17, 15) is 24.5 Å². The molecule has 1 saturated heterocycles. The fourth-order valence-electron chi connectivity index (χ4n) is 6.86. The van der Waals surface area contributed by atoms with Crippen LogP contribution >= 0.6 is 0 Å². The first-order valence-corrected chi connectivity index (χ1v) is 15.5. The highest BCUT2D eigenvalue weighted by molar-refractivity contribution is 6.11. The summed E-state index contributed by atoms with van der Waals surface area (Å²) in [4.78, 5) is 69.7. The summed E-state index contributed by atoms with van der Waals surface area (Å²) in [6.45, 7) is 4.48. The predicted octanol–water partition coefficient (Wildman–Crippen LogP) is 4.28. The summed E-state index contributed by atoms with van der Waals surface area (Å²) in [5.41, 5.74) is -2.58. The molecule has 1 fully saturated rings. The molecule has 0 saturated carbocycles. The van der Waals surface area contributed by atoms with Gasteiger partial charge in [-0.1, -0.05) is 30.3 Å². The summed E-state index contributed by atoms with van der Waals surface area (Å²) in [7, 11) is 2.91. The van der Waals surface area contributed by atoms with E-state index in [1.54, 1.807) is 62.4 Å².